The van der Waals surface area contributed by atoms with Crippen molar-refractivity contribution < 1.29 is 0 Å². The van der Waals surface area contributed by atoms with Crippen LogP contribution in [-0.2, 0) is 6.54 Å². The Morgan fingerprint density at radius 2 is 1.84 bits per heavy atom. The summed E-state index contributed by atoms with van der Waals surface area (Å²) < 4.78 is 0. The zero-order valence-electron chi connectivity index (χ0n) is 11.6. The Balaban J connectivity index is 2.27. The Morgan fingerprint density at radius 3 is 2.58 bits per heavy atom. The van der Waals surface area contributed by atoms with Gasteiger partial charge in [-0.15, -0.1) is 0 Å². The summed E-state index contributed by atoms with van der Waals surface area (Å²) in [6.45, 7) is 5.05. The van der Waals surface area contributed by atoms with E-state index in [4.69, 9.17) is 17.3 Å². The van der Waals surface area contributed by atoms with Crippen LogP contribution in [0.4, 0.5) is 11.4 Å². The Morgan fingerprint density at radius 1 is 1.11 bits per heavy atom. The Hall–Kier alpha value is -1.67. The largest absolute Gasteiger partial charge is 0.397 e. The Labute approximate surface area is 119 Å². The minimum atomic E-state index is 0.706. The molecule has 0 heterocycles. The third kappa shape index (κ3) is 3.21. The van der Waals surface area contributed by atoms with Crippen LogP contribution in [0, 0.1) is 13.8 Å². The molecule has 0 saturated heterocycles. The number of nitrogens with two attached hydrogens (primary N) is 1. The number of anilines is 2. The van der Waals surface area contributed by atoms with Crippen molar-refractivity contribution in [1.29, 1.82) is 0 Å². The summed E-state index contributed by atoms with van der Waals surface area (Å²) in [6, 6.07) is 12.1. The van der Waals surface area contributed by atoms with Crippen molar-refractivity contribution in [2.75, 3.05) is 17.7 Å². The maximum Gasteiger partial charge on any atom is 0.0615 e. The molecule has 19 heavy (non-hydrogen) atoms. The molecule has 0 unspecified atom stereocenters. The minimum absolute atomic E-state index is 0.706. The molecule has 0 atom stereocenters. The highest BCUT2D eigenvalue weighted by Crippen LogP contribution is 2.27. The van der Waals surface area contributed by atoms with Gasteiger partial charge in [-0.05, 0) is 43.2 Å². The van der Waals surface area contributed by atoms with Gasteiger partial charge >= 0.3 is 0 Å². The van der Waals surface area contributed by atoms with E-state index in [9.17, 15) is 0 Å². The quantitative estimate of drug-likeness (QED) is 0.851. The van der Waals surface area contributed by atoms with E-state index >= 15 is 0 Å². The highest BCUT2D eigenvalue weighted by Gasteiger charge is 2.08. The van der Waals surface area contributed by atoms with Crippen LogP contribution >= 0.6 is 11.6 Å². The van der Waals surface area contributed by atoms with Crippen molar-refractivity contribution in [2.24, 2.45) is 0 Å². The van der Waals surface area contributed by atoms with Crippen molar-refractivity contribution >= 4 is 23.0 Å². The second kappa shape index (κ2) is 5.54. The lowest BCUT2D eigenvalue weighted by molar-refractivity contribution is 0.914. The molecule has 2 aromatic rings. The molecular formula is C16H19ClN2. The molecule has 0 aliphatic heterocycles. The lowest BCUT2D eigenvalue weighted by Crippen LogP contribution is -2.18. The van der Waals surface area contributed by atoms with E-state index in [1.165, 1.54) is 16.7 Å². The lowest BCUT2D eigenvalue weighted by Gasteiger charge is -2.22. The molecule has 100 valence electrons. The first-order valence-corrected chi connectivity index (χ1v) is 6.67. The fraction of sp³-hybridized carbons (Fsp3) is 0.250. The van der Waals surface area contributed by atoms with Crippen molar-refractivity contribution in [3.63, 3.8) is 0 Å². The number of halogens is 1. The molecular weight excluding hydrogens is 256 g/mol. The minimum Gasteiger partial charge on any atom is -0.397 e. The maximum absolute atomic E-state index is 6.04. The van der Waals surface area contributed by atoms with Crippen LogP contribution in [0.2, 0.25) is 5.02 Å². The van der Waals surface area contributed by atoms with Gasteiger partial charge in [0.2, 0.25) is 0 Å². The number of aryl methyl sites for hydroxylation is 2. The second-order valence-electron chi connectivity index (χ2n) is 4.99. The van der Waals surface area contributed by atoms with Gasteiger partial charge in [-0.1, -0.05) is 35.4 Å². The zero-order valence-corrected chi connectivity index (χ0v) is 12.3. The number of nitrogen functional groups attached to an aromatic ring is 1. The Kier molecular flexibility index (Phi) is 4.01. The molecule has 2 nitrogen and oxygen atoms in total. The van der Waals surface area contributed by atoms with Gasteiger partial charge in [-0.2, -0.15) is 0 Å². The lowest BCUT2D eigenvalue weighted by atomic mass is 10.1. The summed E-state index contributed by atoms with van der Waals surface area (Å²) in [5, 5.41) is 0.706. The average Bonchev–Trinajstić information content (AvgIpc) is 2.36. The molecule has 0 radical (unpaired) electrons. The van der Waals surface area contributed by atoms with Gasteiger partial charge in [-0.3, -0.25) is 0 Å². The monoisotopic (exact) mass is 274 g/mol. The molecule has 0 bridgehead atoms. The normalized spacial score (nSPS) is 10.5. The number of hydrogen-bond donors (Lipinski definition) is 1. The van der Waals surface area contributed by atoms with E-state index in [1.807, 2.05) is 25.2 Å². The highest BCUT2D eigenvalue weighted by atomic mass is 35.5. The summed E-state index contributed by atoms with van der Waals surface area (Å²) in [6.07, 6.45) is 0. The van der Waals surface area contributed by atoms with Gasteiger partial charge in [-0.25, -0.2) is 0 Å². The number of rotatable bonds is 3. The van der Waals surface area contributed by atoms with Gasteiger partial charge in [0.25, 0.3) is 0 Å². The second-order valence-corrected chi connectivity index (χ2v) is 5.43. The van der Waals surface area contributed by atoms with Gasteiger partial charge in [0, 0.05) is 18.6 Å². The zero-order chi connectivity index (χ0) is 14.0. The van der Waals surface area contributed by atoms with Crippen LogP contribution in [0.1, 0.15) is 16.7 Å². The molecule has 3 heteroatoms. The standard InChI is InChI=1S/C16H19ClN2/c1-11-4-5-12(2)13(8-11)10-19(3)16-9-14(17)6-7-15(16)18/h4-9H,10,18H2,1-3H3. The van der Waals surface area contributed by atoms with E-state index < -0.39 is 0 Å². The number of benzene rings is 2. The molecule has 0 saturated carbocycles. The summed E-state index contributed by atoms with van der Waals surface area (Å²) in [4.78, 5) is 2.13. The molecule has 2 rings (SSSR count). The van der Waals surface area contributed by atoms with E-state index in [-0.39, 0.29) is 0 Å². The van der Waals surface area contributed by atoms with Crippen molar-refractivity contribution in [2.45, 2.75) is 20.4 Å². The highest BCUT2D eigenvalue weighted by molar-refractivity contribution is 6.31. The van der Waals surface area contributed by atoms with Gasteiger partial charge in [0.05, 0.1) is 11.4 Å². The smallest absolute Gasteiger partial charge is 0.0615 e. The van der Waals surface area contributed by atoms with Gasteiger partial charge in [0.15, 0.2) is 0 Å². The van der Waals surface area contributed by atoms with Crippen LogP contribution in [-0.4, -0.2) is 7.05 Å². The van der Waals surface area contributed by atoms with Crippen LogP contribution in [0.15, 0.2) is 36.4 Å². The summed E-state index contributed by atoms with van der Waals surface area (Å²) in [5.41, 5.74) is 11.6. The first-order valence-electron chi connectivity index (χ1n) is 6.29. The topological polar surface area (TPSA) is 29.3 Å². The maximum atomic E-state index is 6.04. The van der Waals surface area contributed by atoms with E-state index in [2.05, 4.69) is 36.9 Å². The van der Waals surface area contributed by atoms with E-state index in [1.54, 1.807) is 0 Å². The molecule has 0 amide bonds. The molecule has 2 aromatic carbocycles. The fourth-order valence-corrected chi connectivity index (χ4v) is 2.33. The first-order chi connectivity index (χ1) is 8.97. The predicted octanol–water partition coefficient (Wildman–Crippen LogP) is 4.18. The fourth-order valence-electron chi connectivity index (χ4n) is 2.16. The molecule has 0 aliphatic carbocycles. The average molecular weight is 275 g/mol. The van der Waals surface area contributed by atoms with Gasteiger partial charge < -0.3 is 10.6 Å². The third-order valence-corrected chi connectivity index (χ3v) is 3.55. The summed E-state index contributed by atoms with van der Waals surface area (Å²) >= 11 is 6.04. The third-order valence-electron chi connectivity index (χ3n) is 3.32. The van der Waals surface area contributed by atoms with Crippen molar-refractivity contribution in [1.82, 2.24) is 0 Å². The van der Waals surface area contributed by atoms with Crippen LogP contribution < -0.4 is 10.6 Å². The van der Waals surface area contributed by atoms with Crippen LogP contribution in [0.3, 0.4) is 0 Å². The van der Waals surface area contributed by atoms with E-state index in [0.29, 0.717) is 5.02 Å². The van der Waals surface area contributed by atoms with Gasteiger partial charge in [0.1, 0.15) is 0 Å². The first kappa shape index (κ1) is 13.8. The van der Waals surface area contributed by atoms with Crippen LogP contribution in [0.5, 0.6) is 0 Å². The summed E-state index contributed by atoms with van der Waals surface area (Å²) in [5.74, 6) is 0. The molecule has 0 aromatic heterocycles. The molecule has 0 spiro atoms. The Bertz CT molecular complexity index is 593. The SMILES string of the molecule is Cc1ccc(C)c(CN(C)c2cc(Cl)ccc2N)c1. The summed E-state index contributed by atoms with van der Waals surface area (Å²) in [7, 11) is 2.03. The molecule has 0 fully saturated rings. The molecule has 2 N–H and O–H groups in total. The molecule has 0 aliphatic rings. The van der Waals surface area contributed by atoms with E-state index in [0.717, 1.165) is 17.9 Å². The van der Waals surface area contributed by atoms with Crippen molar-refractivity contribution in [3.05, 3.63) is 58.1 Å². The van der Waals surface area contributed by atoms with Crippen molar-refractivity contribution in [3.8, 4) is 0 Å². The van der Waals surface area contributed by atoms with Crippen LogP contribution in [0.25, 0.3) is 0 Å². The predicted molar refractivity (Wildman–Crippen MR) is 83.9 cm³/mol. The number of nitrogens with zero attached hydrogens (tertiary/aromatic N) is 1. The number of hydrogen-bond acceptors (Lipinski definition) is 2.